The average Bonchev–Trinajstić information content (AvgIpc) is 2.77. The molecule has 0 saturated heterocycles. The second-order valence-electron chi connectivity index (χ2n) is 4.01. The van der Waals surface area contributed by atoms with Crippen LogP contribution in [0.1, 0.15) is 11.1 Å². The van der Waals surface area contributed by atoms with Crippen molar-refractivity contribution in [2.24, 2.45) is 7.05 Å². The van der Waals surface area contributed by atoms with Gasteiger partial charge in [-0.2, -0.15) is 5.10 Å². The van der Waals surface area contributed by atoms with E-state index < -0.39 is 0 Å². The van der Waals surface area contributed by atoms with E-state index in [2.05, 4.69) is 5.10 Å². The molecule has 0 unspecified atom stereocenters. The highest BCUT2D eigenvalue weighted by atomic mass is 35.5. The number of rotatable bonds is 5. The number of hydrogen-bond acceptors (Lipinski definition) is 2. The SMILES string of the molecule is Cn1cc(CCOc2ccc(Cl)cc2CCl)cn1. The molecule has 1 heterocycles. The zero-order chi connectivity index (χ0) is 13.0. The zero-order valence-corrected chi connectivity index (χ0v) is 11.6. The van der Waals surface area contributed by atoms with Gasteiger partial charge in [-0.25, -0.2) is 0 Å². The number of hydrogen-bond donors (Lipinski definition) is 0. The summed E-state index contributed by atoms with van der Waals surface area (Å²) in [6.07, 6.45) is 4.64. The molecule has 96 valence electrons. The van der Waals surface area contributed by atoms with Crippen LogP contribution in [0.5, 0.6) is 5.75 Å². The minimum atomic E-state index is 0.392. The van der Waals surface area contributed by atoms with Crippen molar-refractivity contribution < 1.29 is 4.74 Å². The first-order valence-electron chi connectivity index (χ1n) is 5.64. The third kappa shape index (κ3) is 3.40. The van der Waals surface area contributed by atoms with Crippen molar-refractivity contribution >= 4 is 23.2 Å². The summed E-state index contributed by atoms with van der Waals surface area (Å²) in [5.74, 6) is 1.18. The lowest BCUT2D eigenvalue weighted by Gasteiger charge is -2.09. The molecule has 0 spiro atoms. The molecule has 0 fully saturated rings. The fraction of sp³-hybridized carbons (Fsp3) is 0.308. The number of aryl methyl sites for hydroxylation is 1. The van der Waals surface area contributed by atoms with Gasteiger partial charge in [-0.3, -0.25) is 4.68 Å². The van der Waals surface area contributed by atoms with Gasteiger partial charge in [0.2, 0.25) is 0 Å². The number of benzene rings is 1. The number of aromatic nitrogens is 2. The summed E-state index contributed by atoms with van der Waals surface area (Å²) in [5.41, 5.74) is 2.06. The number of halogens is 2. The van der Waals surface area contributed by atoms with E-state index in [0.29, 0.717) is 17.5 Å². The second kappa shape index (κ2) is 6.12. The van der Waals surface area contributed by atoms with E-state index in [4.69, 9.17) is 27.9 Å². The van der Waals surface area contributed by atoms with Gasteiger partial charge in [-0.1, -0.05) is 11.6 Å². The first-order valence-corrected chi connectivity index (χ1v) is 6.55. The van der Waals surface area contributed by atoms with Gasteiger partial charge in [0.1, 0.15) is 5.75 Å². The van der Waals surface area contributed by atoms with Crippen molar-refractivity contribution in [3.63, 3.8) is 0 Å². The van der Waals surface area contributed by atoms with Crippen molar-refractivity contribution in [3.8, 4) is 5.75 Å². The molecule has 2 aromatic rings. The van der Waals surface area contributed by atoms with Crippen molar-refractivity contribution in [1.29, 1.82) is 0 Å². The third-order valence-corrected chi connectivity index (χ3v) is 3.10. The molecule has 1 aromatic carbocycles. The zero-order valence-electron chi connectivity index (χ0n) is 10.1. The molecular formula is C13H14Cl2N2O. The molecule has 0 atom stereocenters. The van der Waals surface area contributed by atoms with E-state index in [1.807, 2.05) is 31.6 Å². The van der Waals surface area contributed by atoms with Crippen LogP contribution >= 0.6 is 23.2 Å². The third-order valence-electron chi connectivity index (χ3n) is 2.57. The highest BCUT2D eigenvalue weighted by molar-refractivity contribution is 6.30. The molecule has 2 rings (SSSR count). The van der Waals surface area contributed by atoms with Crippen LogP contribution in [0.25, 0.3) is 0 Å². The predicted octanol–water partition coefficient (Wildman–Crippen LogP) is 3.43. The predicted molar refractivity (Wildman–Crippen MR) is 73.4 cm³/mol. The highest BCUT2D eigenvalue weighted by Crippen LogP contribution is 2.24. The van der Waals surface area contributed by atoms with Crippen molar-refractivity contribution in [1.82, 2.24) is 9.78 Å². The van der Waals surface area contributed by atoms with Gasteiger partial charge in [0.15, 0.2) is 0 Å². The molecule has 3 nitrogen and oxygen atoms in total. The van der Waals surface area contributed by atoms with Gasteiger partial charge in [-0.05, 0) is 23.8 Å². The van der Waals surface area contributed by atoms with E-state index in [-0.39, 0.29) is 0 Å². The topological polar surface area (TPSA) is 27.1 Å². The van der Waals surface area contributed by atoms with E-state index in [0.717, 1.165) is 23.3 Å². The Morgan fingerprint density at radius 2 is 2.22 bits per heavy atom. The summed E-state index contributed by atoms with van der Waals surface area (Å²) in [7, 11) is 1.90. The van der Waals surface area contributed by atoms with Gasteiger partial charge in [0.05, 0.1) is 18.7 Å². The van der Waals surface area contributed by atoms with E-state index >= 15 is 0 Å². The fourth-order valence-corrected chi connectivity index (χ4v) is 2.08. The second-order valence-corrected chi connectivity index (χ2v) is 4.71. The molecule has 5 heteroatoms. The molecule has 0 N–H and O–H groups in total. The Labute approximate surface area is 116 Å². The highest BCUT2D eigenvalue weighted by Gasteiger charge is 2.04. The van der Waals surface area contributed by atoms with Crippen LogP contribution in [0.15, 0.2) is 30.6 Å². The van der Waals surface area contributed by atoms with E-state index in [1.54, 1.807) is 10.7 Å². The average molecular weight is 285 g/mol. The van der Waals surface area contributed by atoms with Gasteiger partial charge < -0.3 is 4.74 Å². The molecule has 0 saturated carbocycles. The Morgan fingerprint density at radius 1 is 1.39 bits per heavy atom. The standard InChI is InChI=1S/C13H14Cl2N2O/c1-17-9-10(8-16-17)4-5-18-13-3-2-12(15)6-11(13)7-14/h2-3,6,8-9H,4-5,7H2,1H3. The van der Waals surface area contributed by atoms with Crippen LogP contribution in [0.2, 0.25) is 5.02 Å². The molecule has 18 heavy (non-hydrogen) atoms. The number of nitrogens with zero attached hydrogens (tertiary/aromatic N) is 2. The normalized spacial score (nSPS) is 10.6. The van der Waals surface area contributed by atoms with E-state index in [1.165, 1.54) is 0 Å². The quantitative estimate of drug-likeness (QED) is 0.787. The molecule has 0 aliphatic carbocycles. The van der Waals surface area contributed by atoms with Crippen LogP contribution < -0.4 is 4.74 Å². The lowest BCUT2D eigenvalue weighted by molar-refractivity contribution is 0.319. The Kier molecular flexibility index (Phi) is 4.50. The summed E-state index contributed by atoms with van der Waals surface area (Å²) >= 11 is 11.8. The van der Waals surface area contributed by atoms with Gasteiger partial charge in [0, 0.05) is 30.3 Å². The Hall–Kier alpha value is -1.19. The van der Waals surface area contributed by atoms with Crippen LogP contribution in [-0.2, 0) is 19.3 Å². The molecular weight excluding hydrogens is 271 g/mol. The first kappa shape index (κ1) is 13.2. The molecule has 0 aliphatic heterocycles. The van der Waals surface area contributed by atoms with Crippen LogP contribution in [0, 0.1) is 0 Å². The largest absolute Gasteiger partial charge is 0.493 e. The van der Waals surface area contributed by atoms with E-state index in [9.17, 15) is 0 Å². The smallest absolute Gasteiger partial charge is 0.123 e. The van der Waals surface area contributed by atoms with Gasteiger partial charge >= 0.3 is 0 Å². The summed E-state index contributed by atoms with van der Waals surface area (Å²) in [6.45, 7) is 0.594. The molecule has 0 aliphatic rings. The molecule has 1 aromatic heterocycles. The summed E-state index contributed by atoms with van der Waals surface area (Å²) in [5, 5.41) is 4.78. The maximum atomic E-state index is 5.90. The maximum Gasteiger partial charge on any atom is 0.123 e. The maximum absolute atomic E-state index is 5.90. The summed E-state index contributed by atoms with van der Waals surface area (Å²) in [6, 6.07) is 5.48. The molecule has 0 radical (unpaired) electrons. The minimum absolute atomic E-state index is 0.392. The summed E-state index contributed by atoms with van der Waals surface area (Å²) < 4.78 is 7.50. The summed E-state index contributed by atoms with van der Waals surface area (Å²) in [4.78, 5) is 0. The van der Waals surface area contributed by atoms with Crippen LogP contribution in [-0.4, -0.2) is 16.4 Å². The monoisotopic (exact) mass is 284 g/mol. The van der Waals surface area contributed by atoms with Gasteiger partial charge in [0.25, 0.3) is 0 Å². The first-order chi connectivity index (χ1) is 8.69. The number of ether oxygens (including phenoxy) is 1. The lowest BCUT2D eigenvalue weighted by Crippen LogP contribution is -2.02. The molecule has 0 amide bonds. The number of alkyl halides is 1. The Bertz CT molecular complexity index is 525. The minimum Gasteiger partial charge on any atom is -0.493 e. The molecule has 0 bridgehead atoms. The Balaban J connectivity index is 1.94. The van der Waals surface area contributed by atoms with Crippen LogP contribution in [0.3, 0.4) is 0 Å². The lowest BCUT2D eigenvalue weighted by atomic mass is 10.2. The van der Waals surface area contributed by atoms with Crippen molar-refractivity contribution in [2.75, 3.05) is 6.61 Å². The van der Waals surface area contributed by atoms with Crippen molar-refractivity contribution in [2.45, 2.75) is 12.3 Å². The van der Waals surface area contributed by atoms with Crippen LogP contribution in [0.4, 0.5) is 0 Å². The van der Waals surface area contributed by atoms with Crippen molar-refractivity contribution in [3.05, 3.63) is 46.7 Å². The fourth-order valence-electron chi connectivity index (χ4n) is 1.67. The Morgan fingerprint density at radius 3 is 2.89 bits per heavy atom. The van der Waals surface area contributed by atoms with Gasteiger partial charge in [-0.15, -0.1) is 11.6 Å².